The highest BCUT2D eigenvalue weighted by Crippen LogP contribution is 2.32. The first-order valence-corrected chi connectivity index (χ1v) is 9.38. The monoisotopic (exact) mass is 403 g/mol. The van der Waals surface area contributed by atoms with E-state index in [1.165, 1.54) is 18.9 Å². The zero-order valence-corrected chi connectivity index (χ0v) is 16.6. The number of ether oxygens (including phenoxy) is 1. The molecule has 9 heteroatoms. The van der Waals surface area contributed by atoms with Crippen molar-refractivity contribution in [3.05, 3.63) is 47.2 Å². The molecular weight excluding hydrogens is 386 g/mol. The quantitative estimate of drug-likeness (QED) is 0.605. The minimum Gasteiger partial charge on any atom is -0.495 e. The van der Waals surface area contributed by atoms with Gasteiger partial charge in [0, 0.05) is 29.0 Å². The van der Waals surface area contributed by atoms with E-state index in [4.69, 9.17) is 16.3 Å². The maximum atomic E-state index is 12.6. The van der Waals surface area contributed by atoms with E-state index >= 15 is 0 Å². The Morgan fingerprint density at radius 2 is 2.07 bits per heavy atom. The molecule has 1 amide bonds. The molecule has 0 aliphatic rings. The van der Waals surface area contributed by atoms with Crippen LogP contribution in [0.25, 0.3) is 11.4 Å². The van der Waals surface area contributed by atoms with Crippen LogP contribution in [0, 0.1) is 6.92 Å². The normalized spacial score (nSPS) is 11.9. The van der Waals surface area contributed by atoms with Crippen LogP contribution in [-0.4, -0.2) is 38.4 Å². The number of anilines is 1. The standard InChI is InChI=1S/C18H18ClN5O2S/c1-10-8-14(15(26-3)9-13(10)19)21-17(25)11(2)27-18-22-16(23-24-18)12-4-6-20-7-5-12/h4-9,11H,1-3H3,(H,21,25)(H,22,23,24)/t11-/m1/s1. The van der Waals surface area contributed by atoms with E-state index in [9.17, 15) is 4.79 Å². The first kappa shape index (κ1) is 19.2. The number of aromatic amines is 1. The topological polar surface area (TPSA) is 92.8 Å². The molecular formula is C18H18ClN5O2S. The Balaban J connectivity index is 1.68. The Morgan fingerprint density at radius 1 is 1.33 bits per heavy atom. The molecule has 140 valence electrons. The number of hydrogen-bond donors (Lipinski definition) is 2. The predicted octanol–water partition coefficient (Wildman–Crippen LogP) is 3.96. The Labute approximate surface area is 165 Å². The summed E-state index contributed by atoms with van der Waals surface area (Å²) in [4.78, 5) is 21.0. The molecule has 3 aromatic rings. The van der Waals surface area contributed by atoms with Crippen molar-refractivity contribution >= 4 is 35.0 Å². The van der Waals surface area contributed by atoms with Crippen molar-refractivity contribution in [2.45, 2.75) is 24.3 Å². The number of rotatable bonds is 6. The number of nitrogens with one attached hydrogen (secondary N) is 2. The van der Waals surface area contributed by atoms with E-state index < -0.39 is 5.25 Å². The summed E-state index contributed by atoms with van der Waals surface area (Å²) in [5.74, 6) is 0.951. The summed E-state index contributed by atoms with van der Waals surface area (Å²) in [7, 11) is 1.53. The lowest BCUT2D eigenvalue weighted by Crippen LogP contribution is -2.23. The average Bonchev–Trinajstić information content (AvgIpc) is 3.13. The Kier molecular flexibility index (Phi) is 5.98. The Morgan fingerprint density at radius 3 is 2.78 bits per heavy atom. The first-order chi connectivity index (χ1) is 13.0. The van der Waals surface area contributed by atoms with Gasteiger partial charge < -0.3 is 10.1 Å². The predicted molar refractivity (Wildman–Crippen MR) is 106 cm³/mol. The average molecular weight is 404 g/mol. The van der Waals surface area contributed by atoms with Gasteiger partial charge in [0.2, 0.25) is 11.1 Å². The summed E-state index contributed by atoms with van der Waals surface area (Å²) in [6.07, 6.45) is 3.37. The molecule has 7 nitrogen and oxygen atoms in total. The van der Waals surface area contributed by atoms with Gasteiger partial charge in [0.25, 0.3) is 0 Å². The second-order valence-corrected chi connectivity index (χ2v) is 7.47. The molecule has 0 aliphatic carbocycles. The van der Waals surface area contributed by atoms with Gasteiger partial charge in [-0.1, -0.05) is 23.4 Å². The zero-order chi connectivity index (χ0) is 19.4. The summed E-state index contributed by atoms with van der Waals surface area (Å²) < 4.78 is 5.29. The Bertz CT molecular complexity index is 948. The third kappa shape index (κ3) is 4.58. The second-order valence-electron chi connectivity index (χ2n) is 5.75. The van der Waals surface area contributed by atoms with Crippen LogP contribution in [0.1, 0.15) is 12.5 Å². The van der Waals surface area contributed by atoms with E-state index in [1.807, 2.05) is 19.1 Å². The largest absolute Gasteiger partial charge is 0.495 e. The summed E-state index contributed by atoms with van der Waals surface area (Å²) in [5, 5.41) is 10.6. The van der Waals surface area contributed by atoms with Crippen LogP contribution in [-0.2, 0) is 4.79 Å². The van der Waals surface area contributed by atoms with Crippen LogP contribution in [0.5, 0.6) is 5.75 Å². The van der Waals surface area contributed by atoms with Gasteiger partial charge in [-0.25, -0.2) is 4.98 Å². The van der Waals surface area contributed by atoms with Gasteiger partial charge in [0.15, 0.2) is 5.82 Å². The number of benzene rings is 1. The lowest BCUT2D eigenvalue weighted by atomic mass is 10.2. The number of pyridine rings is 1. The second kappa shape index (κ2) is 8.41. The van der Waals surface area contributed by atoms with Crippen LogP contribution < -0.4 is 10.1 Å². The molecule has 0 aliphatic heterocycles. The molecule has 2 N–H and O–H groups in total. The van der Waals surface area contributed by atoms with Crippen molar-refractivity contribution in [2.75, 3.05) is 12.4 Å². The number of aromatic nitrogens is 4. The van der Waals surface area contributed by atoms with Crippen LogP contribution >= 0.6 is 23.4 Å². The van der Waals surface area contributed by atoms with Gasteiger partial charge in [-0.05, 0) is 37.6 Å². The molecule has 0 spiro atoms. The maximum absolute atomic E-state index is 12.6. The summed E-state index contributed by atoms with van der Waals surface area (Å²) in [6.45, 7) is 3.65. The number of carbonyl (C=O) groups excluding carboxylic acids is 1. The van der Waals surface area contributed by atoms with Crippen LogP contribution in [0.4, 0.5) is 5.69 Å². The third-order valence-electron chi connectivity index (χ3n) is 3.81. The number of amides is 1. The molecule has 0 saturated carbocycles. The number of H-pyrrole nitrogens is 1. The molecule has 2 heterocycles. The molecule has 27 heavy (non-hydrogen) atoms. The molecule has 0 unspecified atom stereocenters. The number of carbonyl (C=O) groups is 1. The number of thioether (sulfide) groups is 1. The van der Waals surface area contributed by atoms with Crippen molar-refractivity contribution in [1.82, 2.24) is 20.2 Å². The van der Waals surface area contributed by atoms with Crippen LogP contribution in [0.3, 0.4) is 0 Å². The maximum Gasteiger partial charge on any atom is 0.237 e. The zero-order valence-electron chi connectivity index (χ0n) is 15.0. The van der Waals surface area contributed by atoms with Crippen molar-refractivity contribution in [3.63, 3.8) is 0 Å². The molecule has 0 bridgehead atoms. The van der Waals surface area contributed by atoms with E-state index in [1.54, 1.807) is 31.5 Å². The molecule has 1 atom stereocenters. The van der Waals surface area contributed by atoms with Crippen molar-refractivity contribution in [3.8, 4) is 17.1 Å². The Hall–Kier alpha value is -2.58. The summed E-state index contributed by atoms with van der Waals surface area (Å²) >= 11 is 7.36. The lowest BCUT2D eigenvalue weighted by molar-refractivity contribution is -0.115. The van der Waals surface area contributed by atoms with Crippen molar-refractivity contribution in [2.24, 2.45) is 0 Å². The molecule has 0 saturated heterocycles. The molecule has 2 aromatic heterocycles. The number of hydrogen-bond acceptors (Lipinski definition) is 6. The van der Waals surface area contributed by atoms with Gasteiger partial charge in [0.05, 0.1) is 18.0 Å². The minimum atomic E-state index is -0.410. The van der Waals surface area contributed by atoms with Gasteiger partial charge >= 0.3 is 0 Å². The highest BCUT2D eigenvalue weighted by atomic mass is 35.5. The lowest BCUT2D eigenvalue weighted by Gasteiger charge is -2.14. The van der Waals surface area contributed by atoms with Crippen molar-refractivity contribution in [1.29, 1.82) is 0 Å². The van der Waals surface area contributed by atoms with Crippen molar-refractivity contribution < 1.29 is 9.53 Å². The number of methoxy groups -OCH3 is 1. The molecule has 0 fully saturated rings. The number of halogens is 1. The SMILES string of the molecule is COc1cc(Cl)c(C)cc1NC(=O)[C@@H](C)Sc1n[nH]c(-c2ccncc2)n1. The molecule has 3 rings (SSSR count). The van der Waals surface area contributed by atoms with Gasteiger partial charge in [0.1, 0.15) is 5.75 Å². The van der Waals surface area contributed by atoms with E-state index in [0.29, 0.717) is 27.4 Å². The number of nitrogens with zero attached hydrogens (tertiary/aromatic N) is 3. The van der Waals surface area contributed by atoms with Gasteiger partial charge in [-0.2, -0.15) is 0 Å². The fourth-order valence-corrected chi connectivity index (χ4v) is 3.19. The van der Waals surface area contributed by atoms with Gasteiger partial charge in [-0.15, -0.1) is 5.10 Å². The minimum absolute atomic E-state index is 0.185. The first-order valence-electron chi connectivity index (χ1n) is 8.12. The fourth-order valence-electron chi connectivity index (χ4n) is 2.31. The molecule has 1 aromatic carbocycles. The fraction of sp³-hybridized carbons (Fsp3) is 0.222. The van der Waals surface area contributed by atoms with E-state index in [-0.39, 0.29) is 5.91 Å². The van der Waals surface area contributed by atoms with E-state index in [0.717, 1.165) is 11.1 Å². The number of aryl methyl sites for hydroxylation is 1. The summed E-state index contributed by atoms with van der Waals surface area (Å²) in [6, 6.07) is 7.13. The highest BCUT2D eigenvalue weighted by Gasteiger charge is 2.19. The third-order valence-corrected chi connectivity index (χ3v) is 5.18. The van der Waals surface area contributed by atoms with E-state index in [2.05, 4.69) is 25.5 Å². The van der Waals surface area contributed by atoms with Crippen LogP contribution in [0.15, 0.2) is 41.8 Å². The molecule has 0 radical (unpaired) electrons. The highest BCUT2D eigenvalue weighted by molar-refractivity contribution is 8.00. The summed E-state index contributed by atoms with van der Waals surface area (Å²) in [5.41, 5.74) is 2.30. The van der Waals surface area contributed by atoms with Gasteiger partial charge in [-0.3, -0.25) is 14.9 Å². The van der Waals surface area contributed by atoms with Crippen LogP contribution in [0.2, 0.25) is 5.02 Å². The smallest absolute Gasteiger partial charge is 0.237 e.